The van der Waals surface area contributed by atoms with Crippen molar-refractivity contribution < 1.29 is 19.1 Å². The fourth-order valence-electron chi connectivity index (χ4n) is 2.34. The Hall–Kier alpha value is -2.36. The fraction of sp³-hybridized carbons (Fsp3) is 0.429. The number of esters is 2. The molecule has 1 aromatic rings. The van der Waals surface area contributed by atoms with Crippen molar-refractivity contribution in [1.29, 1.82) is 0 Å². The maximum Gasteiger partial charge on any atom is 0.330 e. The molecule has 1 rings (SSSR count). The molecule has 0 aromatic heterocycles. The number of hydrogen-bond donors (Lipinski definition) is 0. The topological polar surface area (TPSA) is 52.6 Å². The second-order valence-electron chi connectivity index (χ2n) is 5.83. The smallest absolute Gasteiger partial charge is 0.330 e. The van der Waals surface area contributed by atoms with Crippen molar-refractivity contribution >= 4 is 18.0 Å². The van der Waals surface area contributed by atoms with Gasteiger partial charge in [-0.05, 0) is 31.4 Å². The van der Waals surface area contributed by atoms with E-state index in [0.29, 0.717) is 17.9 Å². The molecule has 0 atom stereocenters. The summed E-state index contributed by atoms with van der Waals surface area (Å²) in [4.78, 5) is 22.8. The van der Waals surface area contributed by atoms with E-state index in [2.05, 4.69) is 6.58 Å². The molecule has 0 spiro atoms. The molecular formula is C21H28O4. The summed E-state index contributed by atoms with van der Waals surface area (Å²) in [5.74, 6) is -0.355. The predicted molar refractivity (Wildman–Crippen MR) is 100 cm³/mol. The lowest BCUT2D eigenvalue weighted by molar-refractivity contribution is -0.137. The Morgan fingerprint density at radius 2 is 1.72 bits per heavy atom. The molecule has 0 N–H and O–H groups in total. The van der Waals surface area contributed by atoms with Crippen LogP contribution in [-0.4, -0.2) is 18.5 Å². The van der Waals surface area contributed by atoms with Gasteiger partial charge in [0.05, 0.1) is 6.61 Å². The summed E-state index contributed by atoms with van der Waals surface area (Å²) in [6.45, 7) is 5.48. The average Bonchev–Trinajstić information content (AvgIpc) is 2.59. The van der Waals surface area contributed by atoms with Gasteiger partial charge in [-0.25, -0.2) is 4.79 Å². The largest absolute Gasteiger partial charge is 0.463 e. The third kappa shape index (κ3) is 10.2. The van der Waals surface area contributed by atoms with Crippen LogP contribution < -0.4 is 4.74 Å². The van der Waals surface area contributed by atoms with E-state index in [0.717, 1.165) is 19.3 Å². The van der Waals surface area contributed by atoms with Gasteiger partial charge in [0.25, 0.3) is 0 Å². The summed E-state index contributed by atoms with van der Waals surface area (Å²) >= 11 is 0. The minimum Gasteiger partial charge on any atom is -0.463 e. The highest BCUT2D eigenvalue weighted by Crippen LogP contribution is 2.19. The normalized spacial score (nSPS) is 10.6. The third-order valence-electron chi connectivity index (χ3n) is 3.62. The van der Waals surface area contributed by atoms with E-state index in [1.165, 1.54) is 38.7 Å². The van der Waals surface area contributed by atoms with E-state index >= 15 is 0 Å². The number of ether oxygens (including phenoxy) is 2. The van der Waals surface area contributed by atoms with Crippen molar-refractivity contribution in [3.63, 3.8) is 0 Å². The Morgan fingerprint density at radius 1 is 1.04 bits per heavy atom. The molecule has 0 radical (unpaired) electrons. The molecule has 4 heteroatoms. The first-order valence-electron chi connectivity index (χ1n) is 8.86. The van der Waals surface area contributed by atoms with Crippen molar-refractivity contribution in [3.05, 3.63) is 48.6 Å². The Bertz CT molecular complexity index is 575. The highest BCUT2D eigenvalue weighted by atomic mass is 16.5. The first-order chi connectivity index (χ1) is 12.1. The van der Waals surface area contributed by atoms with Crippen molar-refractivity contribution in [1.82, 2.24) is 0 Å². The molecule has 0 saturated carbocycles. The zero-order valence-corrected chi connectivity index (χ0v) is 15.0. The van der Waals surface area contributed by atoms with Crippen LogP contribution in [0.5, 0.6) is 5.75 Å². The van der Waals surface area contributed by atoms with Gasteiger partial charge in [-0.3, -0.25) is 4.79 Å². The molecule has 0 fully saturated rings. The lowest BCUT2D eigenvalue weighted by Crippen LogP contribution is -2.03. The van der Waals surface area contributed by atoms with Crippen molar-refractivity contribution in [3.8, 4) is 5.75 Å². The highest BCUT2D eigenvalue weighted by molar-refractivity contribution is 5.87. The molecule has 0 aliphatic carbocycles. The zero-order valence-electron chi connectivity index (χ0n) is 15.0. The van der Waals surface area contributed by atoms with Crippen LogP contribution in [0.4, 0.5) is 0 Å². The molecule has 25 heavy (non-hydrogen) atoms. The average molecular weight is 344 g/mol. The van der Waals surface area contributed by atoms with Gasteiger partial charge in [-0.15, -0.1) is 6.58 Å². The van der Waals surface area contributed by atoms with Crippen LogP contribution >= 0.6 is 0 Å². The number of carbonyl (C=O) groups excluding carboxylic acids is 2. The summed E-state index contributed by atoms with van der Waals surface area (Å²) in [5.41, 5.74) is 0.661. The SMILES string of the molecule is C=CCCCCCCCCOC(=O)/C=C/c1ccccc1OC(C)=O. The lowest BCUT2D eigenvalue weighted by Gasteiger charge is -2.05. The van der Waals surface area contributed by atoms with Crippen LogP contribution in [0.1, 0.15) is 57.4 Å². The van der Waals surface area contributed by atoms with Gasteiger partial charge in [0.1, 0.15) is 5.75 Å². The Balaban J connectivity index is 2.23. The molecule has 0 saturated heterocycles. The predicted octanol–water partition coefficient (Wildman–Crippen LogP) is 5.09. The van der Waals surface area contributed by atoms with E-state index < -0.39 is 5.97 Å². The first-order valence-corrected chi connectivity index (χ1v) is 8.86. The molecule has 4 nitrogen and oxygen atoms in total. The highest BCUT2D eigenvalue weighted by Gasteiger charge is 2.04. The summed E-state index contributed by atoms with van der Waals surface area (Å²) in [6.07, 6.45) is 12.8. The lowest BCUT2D eigenvalue weighted by atomic mass is 10.1. The third-order valence-corrected chi connectivity index (χ3v) is 3.62. The number of benzene rings is 1. The number of hydrogen-bond acceptors (Lipinski definition) is 4. The van der Waals surface area contributed by atoms with Crippen molar-refractivity contribution in [2.45, 2.75) is 51.9 Å². The fourth-order valence-corrected chi connectivity index (χ4v) is 2.34. The van der Waals surface area contributed by atoms with E-state index in [1.54, 1.807) is 24.3 Å². The van der Waals surface area contributed by atoms with Gasteiger partial charge in [-0.1, -0.05) is 50.0 Å². The quantitative estimate of drug-likeness (QED) is 0.174. The molecule has 0 aliphatic heterocycles. The van der Waals surface area contributed by atoms with Crippen LogP contribution in [-0.2, 0) is 14.3 Å². The maximum absolute atomic E-state index is 11.7. The molecule has 0 aliphatic rings. The molecular weight excluding hydrogens is 316 g/mol. The maximum atomic E-state index is 11.7. The molecule has 1 aromatic carbocycles. The minimum atomic E-state index is -0.395. The number of allylic oxidation sites excluding steroid dienone is 1. The van der Waals surface area contributed by atoms with Gasteiger partial charge in [-0.2, -0.15) is 0 Å². The van der Waals surface area contributed by atoms with E-state index in [9.17, 15) is 9.59 Å². The number of carbonyl (C=O) groups is 2. The second-order valence-corrected chi connectivity index (χ2v) is 5.83. The van der Waals surface area contributed by atoms with Crippen LogP contribution in [0, 0.1) is 0 Å². The van der Waals surface area contributed by atoms with Gasteiger partial charge < -0.3 is 9.47 Å². The summed E-state index contributed by atoms with van der Waals surface area (Å²) in [5, 5.41) is 0. The van der Waals surface area contributed by atoms with E-state index in [1.807, 2.05) is 12.1 Å². The first kappa shape index (κ1) is 20.7. The number of unbranched alkanes of at least 4 members (excludes halogenated alkanes) is 6. The van der Waals surface area contributed by atoms with Gasteiger partial charge >= 0.3 is 11.9 Å². The summed E-state index contributed by atoms with van der Waals surface area (Å²) in [7, 11) is 0. The van der Waals surface area contributed by atoms with Crippen molar-refractivity contribution in [2.24, 2.45) is 0 Å². The monoisotopic (exact) mass is 344 g/mol. The molecule has 0 amide bonds. The van der Waals surface area contributed by atoms with Gasteiger partial charge in [0.2, 0.25) is 0 Å². The molecule has 136 valence electrons. The molecule has 0 unspecified atom stereocenters. The minimum absolute atomic E-state index is 0.386. The van der Waals surface area contributed by atoms with E-state index in [-0.39, 0.29) is 5.97 Å². The second kappa shape index (κ2) is 13.0. The van der Waals surface area contributed by atoms with Gasteiger partial charge in [0, 0.05) is 18.6 Å². The van der Waals surface area contributed by atoms with Crippen LogP contribution in [0.25, 0.3) is 6.08 Å². The molecule has 0 heterocycles. The summed E-state index contributed by atoms with van der Waals surface area (Å²) in [6, 6.07) is 7.04. The van der Waals surface area contributed by atoms with Crippen LogP contribution in [0.2, 0.25) is 0 Å². The Morgan fingerprint density at radius 3 is 2.44 bits per heavy atom. The van der Waals surface area contributed by atoms with Crippen LogP contribution in [0.15, 0.2) is 43.0 Å². The Kier molecular flexibility index (Phi) is 10.7. The van der Waals surface area contributed by atoms with Crippen molar-refractivity contribution in [2.75, 3.05) is 6.61 Å². The molecule has 0 bridgehead atoms. The number of para-hydroxylation sites is 1. The zero-order chi connectivity index (χ0) is 18.3. The van der Waals surface area contributed by atoms with Gasteiger partial charge in [0.15, 0.2) is 0 Å². The van der Waals surface area contributed by atoms with Crippen LogP contribution in [0.3, 0.4) is 0 Å². The summed E-state index contributed by atoms with van der Waals surface area (Å²) < 4.78 is 10.3. The standard InChI is InChI=1S/C21H28O4/c1-3-4-5-6-7-8-9-12-17-24-21(23)16-15-19-13-10-11-14-20(19)25-18(2)22/h3,10-11,13-16H,1,4-9,12,17H2,2H3/b16-15+. The number of rotatable bonds is 12. The van der Waals surface area contributed by atoms with E-state index in [4.69, 9.17) is 9.47 Å². The Labute approximate surface area is 150 Å².